The van der Waals surface area contributed by atoms with E-state index in [1.54, 1.807) is 12.3 Å². The molecular formula is C16H19N3O3. The molecule has 3 heterocycles. The van der Waals surface area contributed by atoms with Gasteiger partial charge in [-0.05, 0) is 30.5 Å². The van der Waals surface area contributed by atoms with Gasteiger partial charge in [0.05, 0.1) is 19.4 Å². The molecular weight excluding hydrogens is 282 g/mol. The third kappa shape index (κ3) is 3.17. The van der Waals surface area contributed by atoms with Crippen molar-refractivity contribution in [2.45, 2.75) is 25.4 Å². The number of hydrogen-bond donors (Lipinski definition) is 1. The van der Waals surface area contributed by atoms with Crippen molar-refractivity contribution in [3.8, 4) is 0 Å². The zero-order chi connectivity index (χ0) is 15.4. The lowest BCUT2D eigenvalue weighted by molar-refractivity contribution is -0.134. The van der Waals surface area contributed by atoms with E-state index in [1.165, 1.54) is 13.2 Å². The first-order valence-electron chi connectivity index (χ1n) is 7.41. The normalized spacial score (nSPS) is 18.1. The lowest BCUT2D eigenvalue weighted by Gasteiger charge is -2.24. The minimum absolute atomic E-state index is 0.360. The molecule has 2 aliphatic rings. The summed E-state index contributed by atoms with van der Waals surface area (Å²) < 4.78 is 10.0. The number of esters is 1. The first-order valence-corrected chi connectivity index (χ1v) is 7.41. The van der Waals surface area contributed by atoms with Gasteiger partial charge in [-0.3, -0.25) is 4.99 Å². The van der Waals surface area contributed by atoms with Crippen LogP contribution in [0.5, 0.6) is 0 Å². The van der Waals surface area contributed by atoms with Gasteiger partial charge < -0.3 is 14.8 Å². The van der Waals surface area contributed by atoms with Gasteiger partial charge in [0.2, 0.25) is 0 Å². The van der Waals surface area contributed by atoms with E-state index in [2.05, 4.69) is 20.0 Å². The molecule has 0 bridgehead atoms. The van der Waals surface area contributed by atoms with Crippen LogP contribution in [0.1, 0.15) is 24.0 Å². The number of nitrogens with zero attached hydrogens (tertiary/aromatic N) is 2. The van der Waals surface area contributed by atoms with Crippen LogP contribution >= 0.6 is 0 Å². The number of anilines is 1. The summed E-state index contributed by atoms with van der Waals surface area (Å²) in [6.45, 7) is 2.16. The summed E-state index contributed by atoms with van der Waals surface area (Å²) in [6.07, 6.45) is 6.81. The number of pyridine rings is 1. The van der Waals surface area contributed by atoms with Gasteiger partial charge >= 0.3 is 5.97 Å². The number of ether oxygens (including phenoxy) is 2. The van der Waals surface area contributed by atoms with Crippen molar-refractivity contribution < 1.29 is 14.3 Å². The third-order valence-electron chi connectivity index (χ3n) is 3.85. The van der Waals surface area contributed by atoms with E-state index in [-0.39, 0.29) is 5.97 Å². The van der Waals surface area contributed by atoms with Gasteiger partial charge in [0.25, 0.3) is 0 Å². The van der Waals surface area contributed by atoms with Crippen LogP contribution in [0, 0.1) is 0 Å². The Morgan fingerprint density at radius 3 is 3.05 bits per heavy atom. The van der Waals surface area contributed by atoms with Crippen molar-refractivity contribution in [1.29, 1.82) is 0 Å². The minimum Gasteiger partial charge on any atom is -0.466 e. The molecule has 116 valence electrons. The average molecular weight is 301 g/mol. The zero-order valence-electron chi connectivity index (χ0n) is 12.5. The number of carbonyl (C=O) groups excluding carboxylic acids is 1. The SMILES string of the molecule is COC(=O)/C=C/C1=NCc2ccnc(NC3CCOCC3)c21. The molecule has 0 radical (unpaired) electrons. The maximum absolute atomic E-state index is 11.3. The summed E-state index contributed by atoms with van der Waals surface area (Å²) in [6, 6.07) is 2.33. The van der Waals surface area contributed by atoms with Gasteiger partial charge in [-0.25, -0.2) is 9.78 Å². The summed E-state index contributed by atoms with van der Waals surface area (Å²) in [5.41, 5.74) is 2.87. The van der Waals surface area contributed by atoms with Crippen LogP contribution in [-0.2, 0) is 20.8 Å². The van der Waals surface area contributed by atoms with Gasteiger partial charge in [0, 0.05) is 37.1 Å². The molecule has 0 saturated carbocycles. The molecule has 2 aliphatic heterocycles. The number of methoxy groups -OCH3 is 1. The lowest BCUT2D eigenvalue weighted by Crippen LogP contribution is -2.29. The molecule has 1 aromatic rings. The summed E-state index contributed by atoms with van der Waals surface area (Å²) >= 11 is 0. The maximum Gasteiger partial charge on any atom is 0.330 e. The first kappa shape index (κ1) is 14.7. The van der Waals surface area contributed by atoms with E-state index >= 15 is 0 Å². The predicted octanol–water partition coefficient (Wildman–Crippen LogP) is 1.70. The Kier molecular flexibility index (Phi) is 4.48. The number of rotatable bonds is 4. The van der Waals surface area contributed by atoms with Gasteiger partial charge in [-0.1, -0.05) is 0 Å². The number of aromatic nitrogens is 1. The molecule has 22 heavy (non-hydrogen) atoms. The maximum atomic E-state index is 11.3. The number of nitrogens with one attached hydrogen (secondary N) is 1. The molecule has 1 fully saturated rings. The Labute approximate surface area is 129 Å². The molecule has 6 nitrogen and oxygen atoms in total. The summed E-state index contributed by atoms with van der Waals surface area (Å²) in [4.78, 5) is 20.2. The summed E-state index contributed by atoms with van der Waals surface area (Å²) in [5.74, 6) is 0.439. The molecule has 0 aliphatic carbocycles. The molecule has 0 unspecified atom stereocenters. The van der Waals surface area contributed by atoms with Crippen molar-refractivity contribution in [3.63, 3.8) is 0 Å². The topological polar surface area (TPSA) is 72.8 Å². The lowest BCUT2D eigenvalue weighted by atomic mass is 10.0. The van der Waals surface area contributed by atoms with Gasteiger partial charge in [0.1, 0.15) is 5.82 Å². The Balaban J connectivity index is 1.81. The second kappa shape index (κ2) is 6.70. The molecule has 0 atom stereocenters. The fourth-order valence-electron chi connectivity index (χ4n) is 2.66. The fraction of sp³-hybridized carbons (Fsp3) is 0.438. The van der Waals surface area contributed by atoms with E-state index in [4.69, 9.17) is 4.74 Å². The Bertz CT molecular complexity index is 619. The number of carbonyl (C=O) groups is 1. The van der Waals surface area contributed by atoms with Gasteiger partial charge in [0.15, 0.2) is 0 Å². The molecule has 0 spiro atoms. The van der Waals surface area contributed by atoms with E-state index in [0.717, 1.165) is 48.7 Å². The van der Waals surface area contributed by atoms with E-state index in [1.807, 2.05) is 6.07 Å². The molecule has 1 aromatic heterocycles. The predicted molar refractivity (Wildman–Crippen MR) is 83.1 cm³/mol. The highest BCUT2D eigenvalue weighted by Gasteiger charge is 2.22. The van der Waals surface area contributed by atoms with Crippen molar-refractivity contribution in [1.82, 2.24) is 4.98 Å². The average Bonchev–Trinajstić information content (AvgIpc) is 2.98. The smallest absolute Gasteiger partial charge is 0.330 e. The summed E-state index contributed by atoms with van der Waals surface area (Å²) in [7, 11) is 1.36. The Morgan fingerprint density at radius 1 is 1.45 bits per heavy atom. The Morgan fingerprint density at radius 2 is 2.27 bits per heavy atom. The fourth-order valence-corrected chi connectivity index (χ4v) is 2.66. The van der Waals surface area contributed by atoms with Gasteiger partial charge in [-0.2, -0.15) is 0 Å². The number of hydrogen-bond acceptors (Lipinski definition) is 6. The van der Waals surface area contributed by atoms with Crippen LogP contribution in [0.25, 0.3) is 0 Å². The van der Waals surface area contributed by atoms with Crippen molar-refractivity contribution in [2.75, 3.05) is 25.6 Å². The molecule has 6 heteroatoms. The second-order valence-electron chi connectivity index (χ2n) is 5.28. The quantitative estimate of drug-likeness (QED) is 0.677. The van der Waals surface area contributed by atoms with Crippen molar-refractivity contribution in [2.24, 2.45) is 4.99 Å². The van der Waals surface area contributed by atoms with Crippen LogP contribution in [-0.4, -0.2) is 43.0 Å². The molecule has 0 aromatic carbocycles. The third-order valence-corrected chi connectivity index (χ3v) is 3.85. The van der Waals surface area contributed by atoms with E-state index in [9.17, 15) is 4.79 Å². The standard InChI is InChI=1S/C16H19N3O3/c1-21-14(20)3-2-13-15-11(10-18-13)4-7-17-16(15)19-12-5-8-22-9-6-12/h2-4,7,12H,5-6,8-10H2,1H3,(H,17,19)/b3-2+. The van der Waals surface area contributed by atoms with E-state index in [0.29, 0.717) is 12.6 Å². The molecule has 1 saturated heterocycles. The number of fused-ring (bicyclic) bond motifs is 1. The van der Waals surface area contributed by atoms with Crippen molar-refractivity contribution in [3.05, 3.63) is 35.5 Å². The van der Waals surface area contributed by atoms with Crippen LogP contribution in [0.4, 0.5) is 5.82 Å². The Hall–Kier alpha value is -2.21. The van der Waals surface area contributed by atoms with Crippen molar-refractivity contribution >= 4 is 17.5 Å². The molecule has 0 amide bonds. The molecule has 1 N–H and O–H groups in total. The van der Waals surface area contributed by atoms with Crippen LogP contribution in [0.3, 0.4) is 0 Å². The van der Waals surface area contributed by atoms with Crippen LogP contribution in [0.15, 0.2) is 29.4 Å². The number of allylic oxidation sites excluding steroid dienone is 1. The highest BCUT2D eigenvalue weighted by atomic mass is 16.5. The molecule has 3 rings (SSSR count). The largest absolute Gasteiger partial charge is 0.466 e. The van der Waals surface area contributed by atoms with Gasteiger partial charge in [-0.15, -0.1) is 0 Å². The second-order valence-corrected chi connectivity index (χ2v) is 5.28. The van der Waals surface area contributed by atoms with E-state index < -0.39 is 0 Å². The highest BCUT2D eigenvalue weighted by Crippen LogP contribution is 2.27. The highest BCUT2D eigenvalue weighted by molar-refractivity contribution is 6.15. The minimum atomic E-state index is -0.390. The monoisotopic (exact) mass is 301 g/mol. The van der Waals surface area contributed by atoms with Crippen LogP contribution < -0.4 is 5.32 Å². The number of aliphatic imine (C=N–C) groups is 1. The first-order chi connectivity index (χ1) is 10.8. The zero-order valence-corrected chi connectivity index (χ0v) is 12.5. The van der Waals surface area contributed by atoms with Crippen LogP contribution in [0.2, 0.25) is 0 Å². The summed E-state index contributed by atoms with van der Waals surface area (Å²) in [5, 5.41) is 3.49.